The van der Waals surface area contributed by atoms with Crippen molar-refractivity contribution < 1.29 is 8.42 Å². The van der Waals surface area contributed by atoms with Crippen LogP contribution < -0.4 is 0 Å². The van der Waals surface area contributed by atoms with Gasteiger partial charge in [0, 0.05) is 19.1 Å². The highest BCUT2D eigenvalue weighted by Gasteiger charge is 2.26. The van der Waals surface area contributed by atoms with Crippen LogP contribution in [-0.4, -0.2) is 56.6 Å². The molecule has 1 unspecified atom stereocenters. The molecule has 0 amide bonds. The van der Waals surface area contributed by atoms with Gasteiger partial charge in [-0.05, 0) is 26.9 Å². The maximum Gasteiger partial charge on any atom is 0.211 e. The Morgan fingerprint density at radius 3 is 2.46 bits per heavy atom. The van der Waals surface area contributed by atoms with Gasteiger partial charge in [-0.1, -0.05) is 0 Å². The Balaban J connectivity index is 2.75. The van der Waals surface area contributed by atoms with Gasteiger partial charge in [-0.2, -0.15) is 4.31 Å². The summed E-state index contributed by atoms with van der Waals surface area (Å²) >= 11 is 0. The molecule has 1 atom stereocenters. The first-order chi connectivity index (χ1) is 5.91. The molecule has 1 saturated heterocycles. The van der Waals surface area contributed by atoms with E-state index in [-0.39, 0.29) is 6.04 Å². The minimum absolute atomic E-state index is 0.0995. The smallest absolute Gasteiger partial charge is 0.211 e. The zero-order valence-corrected chi connectivity index (χ0v) is 9.34. The Hall–Kier alpha value is -0.130. The Morgan fingerprint density at radius 2 is 1.92 bits per heavy atom. The van der Waals surface area contributed by atoms with Gasteiger partial charge in [0.1, 0.15) is 0 Å². The Morgan fingerprint density at radius 1 is 1.31 bits per heavy atom. The second-order valence-electron chi connectivity index (χ2n) is 3.84. The molecule has 1 aliphatic heterocycles. The molecule has 0 N–H and O–H groups in total. The lowest BCUT2D eigenvalue weighted by Gasteiger charge is -2.25. The lowest BCUT2D eigenvalue weighted by atomic mass is 10.3. The van der Waals surface area contributed by atoms with Gasteiger partial charge < -0.3 is 4.90 Å². The molecule has 0 aromatic carbocycles. The first kappa shape index (κ1) is 10.9. The highest BCUT2D eigenvalue weighted by atomic mass is 32.2. The van der Waals surface area contributed by atoms with E-state index in [0.29, 0.717) is 6.54 Å². The number of hydrogen-bond donors (Lipinski definition) is 0. The van der Waals surface area contributed by atoms with Gasteiger partial charge in [-0.25, -0.2) is 8.42 Å². The maximum absolute atomic E-state index is 11.4. The second kappa shape index (κ2) is 3.94. The van der Waals surface area contributed by atoms with Gasteiger partial charge in [-0.15, -0.1) is 0 Å². The Bertz CT molecular complexity index is 263. The van der Waals surface area contributed by atoms with E-state index in [1.165, 1.54) is 6.26 Å². The van der Waals surface area contributed by atoms with E-state index in [0.717, 1.165) is 19.5 Å². The summed E-state index contributed by atoms with van der Waals surface area (Å²) in [6.45, 7) is 4.43. The fourth-order valence-corrected chi connectivity index (χ4v) is 3.02. The summed E-state index contributed by atoms with van der Waals surface area (Å²) in [6.07, 6.45) is 2.21. The zero-order valence-electron chi connectivity index (χ0n) is 8.52. The topological polar surface area (TPSA) is 40.6 Å². The second-order valence-corrected chi connectivity index (χ2v) is 5.77. The summed E-state index contributed by atoms with van der Waals surface area (Å²) in [7, 11) is -0.985. The molecule has 0 spiro atoms. The molecule has 1 rings (SSSR count). The molecule has 78 valence electrons. The van der Waals surface area contributed by atoms with Gasteiger partial charge in [0.25, 0.3) is 0 Å². The van der Waals surface area contributed by atoms with E-state index in [4.69, 9.17) is 0 Å². The molecule has 0 saturated carbocycles. The van der Waals surface area contributed by atoms with Crippen LogP contribution in [0.15, 0.2) is 0 Å². The Kier molecular flexibility index (Phi) is 3.32. The van der Waals surface area contributed by atoms with Crippen LogP contribution in [0.5, 0.6) is 0 Å². The summed E-state index contributed by atoms with van der Waals surface area (Å²) in [5.41, 5.74) is 0. The predicted octanol–water partition coefficient (Wildman–Crippen LogP) is -0.0280. The number of sulfonamides is 1. The predicted molar refractivity (Wildman–Crippen MR) is 53.1 cm³/mol. The molecule has 13 heavy (non-hydrogen) atoms. The van der Waals surface area contributed by atoms with E-state index in [1.807, 2.05) is 14.0 Å². The van der Waals surface area contributed by atoms with Crippen molar-refractivity contribution in [3.8, 4) is 0 Å². The summed E-state index contributed by atoms with van der Waals surface area (Å²) in [6, 6.07) is 0.0995. The summed E-state index contributed by atoms with van der Waals surface area (Å²) in [5, 5.41) is 0. The van der Waals surface area contributed by atoms with Crippen molar-refractivity contribution in [3.63, 3.8) is 0 Å². The molecule has 1 aliphatic rings. The largest absolute Gasteiger partial charge is 0.305 e. The molecule has 1 heterocycles. The van der Waals surface area contributed by atoms with Crippen molar-refractivity contribution in [2.24, 2.45) is 0 Å². The highest BCUT2D eigenvalue weighted by molar-refractivity contribution is 7.88. The molecule has 4 nitrogen and oxygen atoms in total. The molecule has 0 bridgehead atoms. The van der Waals surface area contributed by atoms with Crippen molar-refractivity contribution >= 4 is 10.0 Å². The SMILES string of the molecule is CC1CN(C)CCCN1S(C)(=O)=O. The van der Waals surface area contributed by atoms with Crippen LogP contribution in [0.2, 0.25) is 0 Å². The first-order valence-corrected chi connectivity index (χ1v) is 6.41. The average molecular weight is 206 g/mol. The van der Waals surface area contributed by atoms with Gasteiger partial charge in [-0.3, -0.25) is 0 Å². The minimum atomic E-state index is -3.02. The van der Waals surface area contributed by atoms with Crippen molar-refractivity contribution in [2.45, 2.75) is 19.4 Å². The van der Waals surface area contributed by atoms with Crippen molar-refractivity contribution in [3.05, 3.63) is 0 Å². The molecule has 5 heteroatoms. The minimum Gasteiger partial charge on any atom is -0.305 e. The third-order valence-electron chi connectivity index (χ3n) is 2.41. The van der Waals surface area contributed by atoms with Gasteiger partial charge in [0.15, 0.2) is 0 Å². The lowest BCUT2D eigenvalue weighted by Crippen LogP contribution is -2.41. The molecular weight excluding hydrogens is 188 g/mol. The highest BCUT2D eigenvalue weighted by Crippen LogP contribution is 2.11. The van der Waals surface area contributed by atoms with Crippen LogP contribution in [0, 0.1) is 0 Å². The van der Waals surface area contributed by atoms with Crippen LogP contribution in [0.3, 0.4) is 0 Å². The van der Waals surface area contributed by atoms with Gasteiger partial charge >= 0.3 is 0 Å². The van der Waals surface area contributed by atoms with E-state index in [1.54, 1.807) is 4.31 Å². The van der Waals surface area contributed by atoms with Gasteiger partial charge in [0.2, 0.25) is 10.0 Å². The summed E-state index contributed by atoms with van der Waals surface area (Å²) in [5.74, 6) is 0. The molecule has 0 aromatic rings. The number of likely N-dealkylation sites (N-methyl/N-ethyl adjacent to an activating group) is 1. The van der Waals surface area contributed by atoms with E-state index in [2.05, 4.69) is 4.90 Å². The van der Waals surface area contributed by atoms with Crippen LogP contribution in [-0.2, 0) is 10.0 Å². The normalized spacial score (nSPS) is 28.7. The van der Waals surface area contributed by atoms with Crippen LogP contribution in [0.1, 0.15) is 13.3 Å². The summed E-state index contributed by atoms with van der Waals surface area (Å²) < 4.78 is 24.3. The number of rotatable bonds is 1. The quantitative estimate of drug-likeness (QED) is 0.605. The molecule has 0 aliphatic carbocycles. The Labute approximate surface area is 80.6 Å². The van der Waals surface area contributed by atoms with Gasteiger partial charge in [0.05, 0.1) is 6.26 Å². The van der Waals surface area contributed by atoms with Crippen molar-refractivity contribution in [2.75, 3.05) is 32.9 Å². The fourth-order valence-electron chi connectivity index (χ4n) is 1.84. The molecule has 1 fully saturated rings. The zero-order chi connectivity index (χ0) is 10.1. The molecule has 0 aromatic heterocycles. The van der Waals surface area contributed by atoms with Crippen molar-refractivity contribution in [1.82, 2.24) is 9.21 Å². The third-order valence-corrected chi connectivity index (χ3v) is 3.81. The van der Waals surface area contributed by atoms with Crippen LogP contribution >= 0.6 is 0 Å². The van der Waals surface area contributed by atoms with E-state index in [9.17, 15) is 8.42 Å². The van der Waals surface area contributed by atoms with Crippen LogP contribution in [0.4, 0.5) is 0 Å². The first-order valence-electron chi connectivity index (χ1n) is 4.56. The number of nitrogens with zero attached hydrogens (tertiary/aromatic N) is 2. The maximum atomic E-state index is 11.4. The monoisotopic (exact) mass is 206 g/mol. The molecular formula is C8H18N2O2S. The lowest BCUT2D eigenvalue weighted by molar-refractivity contribution is 0.291. The molecule has 0 radical (unpaired) electrons. The van der Waals surface area contributed by atoms with E-state index >= 15 is 0 Å². The van der Waals surface area contributed by atoms with Crippen LogP contribution in [0.25, 0.3) is 0 Å². The average Bonchev–Trinajstić information content (AvgIpc) is 2.08. The number of hydrogen-bond acceptors (Lipinski definition) is 3. The van der Waals surface area contributed by atoms with E-state index < -0.39 is 10.0 Å². The fraction of sp³-hybridized carbons (Fsp3) is 1.00. The third kappa shape index (κ3) is 2.93. The van der Waals surface area contributed by atoms with Crippen molar-refractivity contribution in [1.29, 1.82) is 0 Å². The summed E-state index contributed by atoms with van der Waals surface area (Å²) in [4.78, 5) is 2.18. The standard InChI is InChI=1S/C8H18N2O2S/c1-8-7-9(2)5-4-6-10(8)13(3,11)12/h8H,4-7H2,1-3H3.